The van der Waals surface area contributed by atoms with E-state index in [-0.39, 0.29) is 23.7 Å². The third-order valence-electron chi connectivity index (χ3n) is 7.28. The fourth-order valence-corrected chi connectivity index (χ4v) is 5.39. The van der Waals surface area contributed by atoms with Gasteiger partial charge in [0.25, 0.3) is 0 Å². The van der Waals surface area contributed by atoms with Crippen molar-refractivity contribution >= 4 is 34.3 Å². The van der Waals surface area contributed by atoms with E-state index in [2.05, 4.69) is 11.4 Å². The van der Waals surface area contributed by atoms with E-state index >= 15 is 0 Å². The van der Waals surface area contributed by atoms with Gasteiger partial charge in [-0.3, -0.25) is 14.2 Å². The Morgan fingerprint density at radius 3 is 2.66 bits per heavy atom. The van der Waals surface area contributed by atoms with Crippen LogP contribution in [0.1, 0.15) is 31.2 Å². The van der Waals surface area contributed by atoms with Crippen molar-refractivity contribution in [2.45, 2.75) is 38.6 Å². The molecule has 0 saturated heterocycles. The molecule has 2 aromatic carbocycles. The first kappa shape index (κ1) is 23.4. The highest BCUT2D eigenvalue weighted by atomic mass is 16.4. The van der Waals surface area contributed by atoms with Crippen LogP contribution in [0.4, 0.5) is 11.4 Å². The molecule has 8 nitrogen and oxygen atoms in total. The number of likely N-dealkylation sites (N-methyl/N-ethyl adjacent to an activating group) is 1. The second-order valence-electron chi connectivity index (χ2n) is 9.86. The van der Waals surface area contributed by atoms with Crippen LogP contribution in [0, 0.1) is 11.8 Å². The number of hydrogen-bond donors (Lipinski definition) is 1. The Morgan fingerprint density at radius 2 is 1.86 bits per heavy atom. The van der Waals surface area contributed by atoms with E-state index in [1.165, 1.54) is 5.56 Å². The van der Waals surface area contributed by atoms with Gasteiger partial charge < -0.3 is 19.5 Å². The first-order valence-electron chi connectivity index (χ1n) is 12.4. The van der Waals surface area contributed by atoms with Gasteiger partial charge >= 0.3 is 5.76 Å². The van der Waals surface area contributed by atoms with Crippen molar-refractivity contribution in [3.63, 3.8) is 0 Å². The molecule has 0 bridgehead atoms. The number of benzene rings is 2. The van der Waals surface area contributed by atoms with Crippen molar-refractivity contribution in [2.75, 3.05) is 37.4 Å². The summed E-state index contributed by atoms with van der Waals surface area (Å²) in [5.41, 5.74) is 3.91. The zero-order chi connectivity index (χ0) is 24.5. The summed E-state index contributed by atoms with van der Waals surface area (Å²) in [7, 11) is 3.89. The Balaban J connectivity index is 1.35. The molecule has 0 radical (unpaired) electrons. The molecule has 8 heteroatoms. The highest BCUT2D eigenvalue weighted by Crippen LogP contribution is 2.36. The molecule has 1 aliphatic carbocycles. The minimum atomic E-state index is -0.408. The van der Waals surface area contributed by atoms with Gasteiger partial charge in [0, 0.05) is 36.9 Å². The van der Waals surface area contributed by atoms with Gasteiger partial charge in [0.2, 0.25) is 11.8 Å². The number of carbonyl (C=O) groups excluding carboxylic acids is 2. The van der Waals surface area contributed by atoms with E-state index in [1.807, 2.05) is 42.1 Å². The third-order valence-corrected chi connectivity index (χ3v) is 7.28. The van der Waals surface area contributed by atoms with Crippen LogP contribution in [0.15, 0.2) is 51.7 Å². The minimum absolute atomic E-state index is 0.0533. The third kappa shape index (κ3) is 4.62. The maximum absolute atomic E-state index is 13.6. The summed E-state index contributed by atoms with van der Waals surface area (Å²) >= 11 is 0. The average Bonchev–Trinajstić information content (AvgIpc) is 3.42. The van der Waals surface area contributed by atoms with Crippen molar-refractivity contribution in [3.8, 4) is 0 Å². The van der Waals surface area contributed by atoms with Gasteiger partial charge in [-0.15, -0.1) is 0 Å². The SMILES string of the molecule is CN(C)CCn1c(=O)oc2ccc(NC(=O)C3CCCCC3C(=O)N3CCc4ccccc43)cc21. The molecule has 3 aromatic rings. The molecule has 5 rings (SSSR count). The summed E-state index contributed by atoms with van der Waals surface area (Å²) in [6, 6.07) is 13.3. The second-order valence-corrected chi connectivity index (χ2v) is 9.86. The summed E-state index contributed by atoms with van der Waals surface area (Å²) in [6.45, 7) is 1.86. The number of fused-ring (bicyclic) bond motifs is 2. The Morgan fingerprint density at radius 1 is 1.09 bits per heavy atom. The molecule has 1 N–H and O–H groups in total. The van der Waals surface area contributed by atoms with Crippen LogP contribution in [0.2, 0.25) is 0 Å². The number of anilines is 2. The zero-order valence-electron chi connectivity index (χ0n) is 20.3. The maximum Gasteiger partial charge on any atom is 0.419 e. The van der Waals surface area contributed by atoms with Gasteiger partial charge in [-0.05, 0) is 63.2 Å². The van der Waals surface area contributed by atoms with Crippen molar-refractivity contribution in [3.05, 3.63) is 58.6 Å². The van der Waals surface area contributed by atoms with E-state index in [0.29, 0.717) is 42.8 Å². The lowest BCUT2D eigenvalue weighted by atomic mass is 9.77. The first-order chi connectivity index (χ1) is 16.9. The van der Waals surface area contributed by atoms with Gasteiger partial charge in [0.1, 0.15) is 0 Å². The number of para-hydroxylation sites is 1. The Bertz CT molecular complexity index is 1310. The molecule has 1 saturated carbocycles. The normalized spacial score (nSPS) is 19.8. The van der Waals surface area contributed by atoms with E-state index in [4.69, 9.17) is 4.42 Å². The Kier molecular flexibility index (Phi) is 6.47. The lowest BCUT2D eigenvalue weighted by molar-refractivity contribution is -0.132. The highest BCUT2D eigenvalue weighted by molar-refractivity contribution is 6.02. The predicted molar refractivity (Wildman–Crippen MR) is 136 cm³/mol. The van der Waals surface area contributed by atoms with Crippen LogP contribution in [-0.4, -0.2) is 48.5 Å². The summed E-state index contributed by atoms with van der Waals surface area (Å²) in [5.74, 6) is -1.20. The van der Waals surface area contributed by atoms with Crippen molar-refractivity contribution in [1.29, 1.82) is 0 Å². The first-order valence-corrected chi connectivity index (χ1v) is 12.4. The Labute approximate surface area is 204 Å². The lowest BCUT2D eigenvalue weighted by Crippen LogP contribution is -2.43. The topological polar surface area (TPSA) is 87.8 Å². The number of oxazole rings is 1. The quantitative estimate of drug-likeness (QED) is 0.589. The number of nitrogens with zero attached hydrogens (tertiary/aromatic N) is 3. The Hall–Kier alpha value is -3.39. The molecule has 2 atom stereocenters. The van der Waals surface area contributed by atoms with E-state index < -0.39 is 5.76 Å². The molecular weight excluding hydrogens is 444 g/mol. The molecule has 1 aromatic heterocycles. The fraction of sp³-hybridized carbons (Fsp3) is 0.444. The lowest BCUT2D eigenvalue weighted by Gasteiger charge is -2.32. The number of rotatable bonds is 6. The molecule has 1 aliphatic heterocycles. The molecular formula is C27H32N4O4. The highest BCUT2D eigenvalue weighted by Gasteiger charge is 2.39. The van der Waals surface area contributed by atoms with Gasteiger partial charge in [0.15, 0.2) is 5.58 Å². The van der Waals surface area contributed by atoms with Crippen LogP contribution in [-0.2, 0) is 22.6 Å². The second kappa shape index (κ2) is 9.70. The largest absolute Gasteiger partial charge is 0.419 e. The summed E-state index contributed by atoms with van der Waals surface area (Å²) < 4.78 is 6.95. The van der Waals surface area contributed by atoms with Crippen molar-refractivity contribution in [2.24, 2.45) is 11.8 Å². The van der Waals surface area contributed by atoms with E-state index in [0.717, 1.165) is 31.4 Å². The van der Waals surface area contributed by atoms with Crippen molar-refractivity contribution < 1.29 is 14.0 Å². The number of amides is 2. The molecule has 2 unspecified atom stereocenters. The zero-order valence-corrected chi connectivity index (χ0v) is 20.3. The molecule has 184 valence electrons. The van der Waals surface area contributed by atoms with E-state index in [1.54, 1.807) is 22.8 Å². The molecule has 2 aliphatic rings. The number of nitrogens with one attached hydrogen (secondary N) is 1. The van der Waals surface area contributed by atoms with Gasteiger partial charge in [0.05, 0.1) is 11.4 Å². The number of hydrogen-bond acceptors (Lipinski definition) is 5. The monoisotopic (exact) mass is 476 g/mol. The van der Waals surface area contributed by atoms with Crippen LogP contribution in [0.5, 0.6) is 0 Å². The van der Waals surface area contributed by atoms with Gasteiger partial charge in [-0.2, -0.15) is 0 Å². The summed E-state index contributed by atoms with van der Waals surface area (Å²) in [5, 5.41) is 3.02. The molecule has 0 spiro atoms. The minimum Gasteiger partial charge on any atom is -0.408 e. The fourth-order valence-electron chi connectivity index (χ4n) is 5.39. The van der Waals surface area contributed by atoms with Gasteiger partial charge in [-0.1, -0.05) is 31.0 Å². The van der Waals surface area contributed by atoms with Crippen molar-refractivity contribution in [1.82, 2.24) is 9.47 Å². The molecule has 35 heavy (non-hydrogen) atoms. The smallest absolute Gasteiger partial charge is 0.408 e. The molecule has 2 amide bonds. The summed E-state index contributed by atoms with van der Waals surface area (Å²) in [4.78, 5) is 43.1. The van der Waals surface area contributed by atoms with Gasteiger partial charge in [-0.25, -0.2) is 4.79 Å². The number of carbonyl (C=O) groups is 2. The van der Waals surface area contributed by atoms with Crippen LogP contribution in [0.3, 0.4) is 0 Å². The van der Waals surface area contributed by atoms with E-state index in [9.17, 15) is 14.4 Å². The molecule has 1 fully saturated rings. The van der Waals surface area contributed by atoms with Crippen LogP contribution >= 0.6 is 0 Å². The standard InChI is InChI=1S/C27H32N4O4/c1-29(2)15-16-31-23-17-19(11-12-24(23)35-27(31)34)28-25(32)20-8-4-5-9-21(20)26(33)30-14-13-18-7-3-6-10-22(18)30/h3,6-7,10-12,17,20-21H,4-5,8-9,13-16H2,1-2H3,(H,28,32). The summed E-state index contributed by atoms with van der Waals surface area (Å²) in [6.07, 6.45) is 4.16. The van der Waals surface area contributed by atoms with Crippen LogP contribution < -0.4 is 16.0 Å². The predicted octanol–water partition coefficient (Wildman–Crippen LogP) is 3.49. The number of aromatic nitrogens is 1. The maximum atomic E-state index is 13.6. The average molecular weight is 477 g/mol. The van der Waals surface area contributed by atoms with Crippen LogP contribution in [0.25, 0.3) is 11.1 Å². The molecule has 2 heterocycles.